The third-order valence-electron chi connectivity index (χ3n) is 4.88. The zero-order valence-corrected chi connectivity index (χ0v) is 18.1. The third kappa shape index (κ3) is 4.15. The zero-order chi connectivity index (χ0) is 22.9. The van der Waals surface area contributed by atoms with Crippen LogP contribution in [-0.4, -0.2) is 36.1 Å². The molecule has 0 aliphatic heterocycles. The molecule has 4 rings (SSSR count). The number of H-pyrrole nitrogens is 1. The van der Waals surface area contributed by atoms with Gasteiger partial charge in [-0.3, -0.25) is 4.98 Å². The average Bonchev–Trinajstić information content (AvgIpc) is 3.19. The number of carboxylic acid groups (broad SMARTS) is 1. The molecule has 8 nitrogen and oxygen atoms in total. The lowest BCUT2D eigenvalue weighted by Crippen LogP contribution is -2.09. The summed E-state index contributed by atoms with van der Waals surface area (Å²) in [6.45, 7) is 3.21. The number of fused-ring (bicyclic) bond motifs is 1. The van der Waals surface area contributed by atoms with Crippen molar-refractivity contribution >= 4 is 26.7 Å². The molecule has 0 aliphatic carbocycles. The quantitative estimate of drug-likeness (QED) is 0.430. The Bertz CT molecular complexity index is 1390. The summed E-state index contributed by atoms with van der Waals surface area (Å²) in [5, 5.41) is 9.30. The second-order valence-electron chi connectivity index (χ2n) is 7.22. The molecule has 0 unspecified atom stereocenters. The van der Waals surface area contributed by atoms with E-state index in [1.807, 2.05) is 13.8 Å². The number of carbonyl (C=O) groups is 1. The molecule has 4 aromatic rings. The summed E-state index contributed by atoms with van der Waals surface area (Å²) < 4.78 is 37.5. The Kier molecular flexibility index (Phi) is 5.58. The van der Waals surface area contributed by atoms with Gasteiger partial charge in [-0.25, -0.2) is 13.2 Å². The molecule has 0 atom stereocenters. The van der Waals surface area contributed by atoms with Crippen LogP contribution in [0.2, 0.25) is 0 Å². The maximum Gasteiger partial charge on any atom is 0.341 e. The van der Waals surface area contributed by atoms with Gasteiger partial charge in [-0.2, -0.15) is 0 Å². The fraction of sp³-hybridized carbons (Fsp3) is 0.130. The molecule has 2 heterocycles. The molecule has 32 heavy (non-hydrogen) atoms. The fourth-order valence-electron chi connectivity index (χ4n) is 3.42. The second kappa shape index (κ2) is 8.35. The Balaban J connectivity index is 1.69. The Labute approximate surface area is 184 Å². The Morgan fingerprint density at radius 2 is 1.72 bits per heavy atom. The van der Waals surface area contributed by atoms with Crippen LogP contribution in [0.1, 0.15) is 11.1 Å². The number of rotatable bonds is 7. The van der Waals surface area contributed by atoms with E-state index in [1.54, 1.807) is 30.3 Å². The molecule has 0 saturated carbocycles. The van der Waals surface area contributed by atoms with Gasteiger partial charge in [0.15, 0.2) is 6.61 Å². The summed E-state index contributed by atoms with van der Waals surface area (Å²) in [4.78, 5) is 17.9. The lowest BCUT2D eigenvalue weighted by Gasteiger charge is -2.14. The number of aryl methyl sites for hydroxylation is 2. The number of hydrogen-bond donors (Lipinski definition) is 2. The molecule has 0 bridgehead atoms. The number of aliphatic carboxylic acids is 1. The summed E-state index contributed by atoms with van der Waals surface area (Å²) in [5.74, 6) is 0.425. The number of aromatic amines is 1. The molecular weight excluding hydrogens is 432 g/mol. The molecule has 164 valence electrons. The van der Waals surface area contributed by atoms with Gasteiger partial charge in [-0.1, -0.05) is 0 Å². The molecule has 0 saturated heterocycles. The summed E-state index contributed by atoms with van der Waals surface area (Å²) in [7, 11) is -3.74. The number of pyridine rings is 1. The number of aromatic nitrogens is 2. The molecule has 0 spiro atoms. The maximum atomic E-state index is 13.1. The van der Waals surface area contributed by atoms with Crippen LogP contribution in [0.25, 0.3) is 10.9 Å². The van der Waals surface area contributed by atoms with Crippen molar-refractivity contribution in [1.29, 1.82) is 0 Å². The van der Waals surface area contributed by atoms with Gasteiger partial charge < -0.3 is 19.6 Å². The van der Waals surface area contributed by atoms with Crippen LogP contribution >= 0.6 is 0 Å². The summed E-state index contributed by atoms with van der Waals surface area (Å²) in [5.41, 5.74) is 2.17. The SMILES string of the molecule is Cc1cc(OCC(=O)O)cc(C)c1Oc1ccc2[nH]cc(S(=O)(=O)c3ccncc3)c2c1. The van der Waals surface area contributed by atoms with E-state index in [-0.39, 0.29) is 9.79 Å². The van der Waals surface area contributed by atoms with Crippen LogP contribution in [0.4, 0.5) is 0 Å². The van der Waals surface area contributed by atoms with Gasteiger partial charge in [0.1, 0.15) is 17.2 Å². The molecular formula is C23H20N2O6S. The van der Waals surface area contributed by atoms with Gasteiger partial charge in [-0.05, 0) is 67.4 Å². The first-order chi connectivity index (χ1) is 15.3. The highest BCUT2D eigenvalue weighted by atomic mass is 32.2. The molecule has 0 amide bonds. The molecule has 9 heteroatoms. The summed E-state index contributed by atoms with van der Waals surface area (Å²) in [6, 6.07) is 11.5. The molecule has 0 radical (unpaired) electrons. The van der Waals surface area contributed by atoms with E-state index in [0.29, 0.717) is 28.2 Å². The topological polar surface area (TPSA) is 119 Å². The van der Waals surface area contributed by atoms with E-state index in [1.165, 1.54) is 30.7 Å². The number of carboxylic acids is 1. The van der Waals surface area contributed by atoms with Gasteiger partial charge in [0, 0.05) is 29.5 Å². The highest BCUT2D eigenvalue weighted by Crippen LogP contribution is 2.35. The van der Waals surface area contributed by atoms with Crippen molar-refractivity contribution in [3.63, 3.8) is 0 Å². The van der Waals surface area contributed by atoms with E-state index < -0.39 is 22.4 Å². The lowest BCUT2D eigenvalue weighted by atomic mass is 10.1. The third-order valence-corrected chi connectivity index (χ3v) is 6.69. The maximum absolute atomic E-state index is 13.1. The molecule has 0 aliphatic rings. The molecule has 2 aromatic carbocycles. The van der Waals surface area contributed by atoms with E-state index >= 15 is 0 Å². The van der Waals surface area contributed by atoms with Crippen molar-refractivity contribution in [3.05, 3.63) is 72.2 Å². The van der Waals surface area contributed by atoms with Crippen LogP contribution in [-0.2, 0) is 14.6 Å². The Morgan fingerprint density at radius 1 is 1.03 bits per heavy atom. The number of hydrogen-bond acceptors (Lipinski definition) is 6. The lowest BCUT2D eigenvalue weighted by molar-refractivity contribution is -0.139. The number of ether oxygens (including phenoxy) is 2. The first kappa shape index (κ1) is 21.4. The van der Waals surface area contributed by atoms with Crippen molar-refractivity contribution < 1.29 is 27.8 Å². The highest BCUT2D eigenvalue weighted by molar-refractivity contribution is 7.91. The average molecular weight is 452 g/mol. The fourth-order valence-corrected chi connectivity index (χ4v) is 4.83. The first-order valence-corrected chi connectivity index (χ1v) is 11.1. The molecule has 2 aromatic heterocycles. The zero-order valence-electron chi connectivity index (χ0n) is 17.3. The van der Waals surface area contributed by atoms with Gasteiger partial charge in [0.25, 0.3) is 0 Å². The van der Waals surface area contributed by atoms with Gasteiger partial charge in [0.05, 0.1) is 9.79 Å². The van der Waals surface area contributed by atoms with E-state index in [4.69, 9.17) is 14.6 Å². The molecule has 2 N–H and O–H groups in total. The monoisotopic (exact) mass is 452 g/mol. The van der Waals surface area contributed by atoms with Crippen molar-refractivity contribution in [3.8, 4) is 17.2 Å². The van der Waals surface area contributed by atoms with Crippen molar-refractivity contribution in [2.75, 3.05) is 6.61 Å². The Hall–Kier alpha value is -3.85. The Morgan fingerprint density at radius 3 is 2.38 bits per heavy atom. The van der Waals surface area contributed by atoms with Gasteiger partial charge in [0.2, 0.25) is 9.84 Å². The number of nitrogens with zero attached hydrogens (tertiary/aromatic N) is 1. The minimum absolute atomic E-state index is 0.148. The number of benzene rings is 2. The highest BCUT2D eigenvalue weighted by Gasteiger charge is 2.22. The van der Waals surface area contributed by atoms with Crippen LogP contribution in [0.15, 0.2) is 70.8 Å². The minimum Gasteiger partial charge on any atom is -0.482 e. The van der Waals surface area contributed by atoms with Crippen LogP contribution in [0, 0.1) is 13.8 Å². The summed E-state index contributed by atoms with van der Waals surface area (Å²) >= 11 is 0. The van der Waals surface area contributed by atoms with Crippen molar-refractivity contribution in [2.45, 2.75) is 23.6 Å². The predicted octanol–water partition coefficient (Wildman–Crippen LogP) is 4.27. The van der Waals surface area contributed by atoms with Crippen LogP contribution < -0.4 is 9.47 Å². The van der Waals surface area contributed by atoms with Crippen molar-refractivity contribution in [2.24, 2.45) is 0 Å². The van der Waals surface area contributed by atoms with Gasteiger partial charge >= 0.3 is 5.97 Å². The predicted molar refractivity (Wildman–Crippen MR) is 117 cm³/mol. The number of nitrogens with one attached hydrogen (secondary N) is 1. The van der Waals surface area contributed by atoms with Crippen LogP contribution in [0.5, 0.6) is 17.2 Å². The standard InChI is InChI=1S/C23H20N2O6S/c1-14-9-17(30-13-22(26)27)10-15(2)23(14)31-16-3-4-20-19(11-16)21(12-25-20)32(28,29)18-5-7-24-8-6-18/h3-12,25H,13H2,1-2H3,(H,26,27). The minimum atomic E-state index is -3.74. The van der Waals surface area contributed by atoms with E-state index in [0.717, 1.165) is 11.1 Å². The van der Waals surface area contributed by atoms with Gasteiger partial charge in [-0.15, -0.1) is 0 Å². The number of sulfone groups is 1. The van der Waals surface area contributed by atoms with E-state index in [9.17, 15) is 13.2 Å². The first-order valence-electron chi connectivity index (χ1n) is 9.65. The largest absolute Gasteiger partial charge is 0.482 e. The normalized spacial score (nSPS) is 11.4. The van der Waals surface area contributed by atoms with E-state index in [2.05, 4.69) is 9.97 Å². The summed E-state index contributed by atoms with van der Waals surface area (Å²) in [6.07, 6.45) is 4.34. The van der Waals surface area contributed by atoms with Crippen molar-refractivity contribution in [1.82, 2.24) is 9.97 Å². The second-order valence-corrected chi connectivity index (χ2v) is 9.14. The smallest absolute Gasteiger partial charge is 0.341 e. The molecule has 0 fully saturated rings. The van der Waals surface area contributed by atoms with Crippen LogP contribution in [0.3, 0.4) is 0 Å².